The molecule has 1 amide bonds. The van der Waals surface area contributed by atoms with Crippen molar-refractivity contribution in [3.8, 4) is 5.82 Å². The molecule has 0 saturated heterocycles. The van der Waals surface area contributed by atoms with Crippen LogP contribution in [0.4, 0.5) is 5.82 Å². The first kappa shape index (κ1) is 19.3. The average Bonchev–Trinajstić information content (AvgIpc) is 3.17. The van der Waals surface area contributed by atoms with Crippen molar-refractivity contribution in [2.24, 2.45) is 0 Å². The van der Waals surface area contributed by atoms with Gasteiger partial charge in [0.1, 0.15) is 5.56 Å². The molecule has 0 radical (unpaired) electrons. The number of benzene rings is 2. The fourth-order valence-corrected chi connectivity index (χ4v) is 3.18. The Morgan fingerprint density at radius 3 is 2.57 bits per heavy atom. The van der Waals surface area contributed by atoms with Crippen LogP contribution in [0.5, 0.6) is 0 Å². The molecule has 2 aromatic carbocycles. The molecule has 0 fully saturated rings. The van der Waals surface area contributed by atoms with Crippen LogP contribution in [0.15, 0.2) is 66.9 Å². The number of hydrogen-bond acceptors (Lipinski definition) is 5. The predicted molar refractivity (Wildman–Crippen MR) is 114 cm³/mol. The highest BCUT2D eigenvalue weighted by molar-refractivity contribution is 6.08. The molecule has 0 spiro atoms. The Bertz CT molecular complexity index is 1250. The third-order valence-corrected chi connectivity index (χ3v) is 4.69. The van der Waals surface area contributed by atoms with Gasteiger partial charge in [-0.3, -0.25) is 4.79 Å². The highest BCUT2D eigenvalue weighted by Gasteiger charge is 2.23. The zero-order valence-electron chi connectivity index (χ0n) is 16.6. The number of carbonyl (C=O) groups excluding carboxylic acids is 2. The van der Waals surface area contributed by atoms with Gasteiger partial charge in [-0.2, -0.15) is 9.78 Å². The average molecular weight is 400 g/mol. The number of fused-ring (bicyclic) bond motifs is 1. The summed E-state index contributed by atoms with van der Waals surface area (Å²) in [7, 11) is 0. The van der Waals surface area contributed by atoms with Crippen LogP contribution in [0, 0.1) is 6.92 Å². The van der Waals surface area contributed by atoms with Gasteiger partial charge in [0, 0.05) is 10.9 Å². The Morgan fingerprint density at radius 1 is 1.00 bits per heavy atom. The first-order valence-electron chi connectivity index (χ1n) is 9.56. The molecule has 2 heterocycles. The van der Waals surface area contributed by atoms with E-state index in [9.17, 15) is 9.59 Å². The fourth-order valence-electron chi connectivity index (χ4n) is 3.18. The summed E-state index contributed by atoms with van der Waals surface area (Å²) in [4.78, 5) is 30.0. The van der Waals surface area contributed by atoms with Crippen LogP contribution in [0.3, 0.4) is 0 Å². The number of aromatic nitrogens is 3. The molecule has 7 heteroatoms. The van der Waals surface area contributed by atoms with Gasteiger partial charge < -0.3 is 10.1 Å². The molecular formula is C23H20N4O3. The molecule has 30 heavy (non-hydrogen) atoms. The second-order valence-electron chi connectivity index (χ2n) is 6.67. The van der Waals surface area contributed by atoms with Crippen LogP contribution < -0.4 is 5.32 Å². The Morgan fingerprint density at radius 2 is 1.77 bits per heavy atom. The summed E-state index contributed by atoms with van der Waals surface area (Å²) < 4.78 is 6.57. The number of hydrogen-bond donors (Lipinski definition) is 1. The van der Waals surface area contributed by atoms with Crippen molar-refractivity contribution < 1.29 is 14.3 Å². The van der Waals surface area contributed by atoms with E-state index in [4.69, 9.17) is 4.74 Å². The maximum atomic E-state index is 12.9. The van der Waals surface area contributed by atoms with Crippen LogP contribution >= 0.6 is 0 Å². The number of ether oxygens (including phenoxy) is 1. The molecular weight excluding hydrogens is 380 g/mol. The smallest absolute Gasteiger partial charge is 0.343 e. The van der Waals surface area contributed by atoms with E-state index in [1.54, 1.807) is 25.1 Å². The summed E-state index contributed by atoms with van der Waals surface area (Å²) in [5.41, 5.74) is 2.27. The Kier molecular flexibility index (Phi) is 5.26. The molecule has 7 nitrogen and oxygen atoms in total. The van der Waals surface area contributed by atoms with Gasteiger partial charge in [-0.15, -0.1) is 0 Å². The quantitative estimate of drug-likeness (QED) is 0.509. The second kappa shape index (κ2) is 8.16. The van der Waals surface area contributed by atoms with E-state index in [-0.39, 0.29) is 23.9 Å². The van der Waals surface area contributed by atoms with Gasteiger partial charge in [-0.1, -0.05) is 36.4 Å². The van der Waals surface area contributed by atoms with E-state index in [1.165, 1.54) is 10.9 Å². The molecule has 2 aromatic heterocycles. The number of nitrogens with one attached hydrogen (secondary N) is 1. The highest BCUT2D eigenvalue weighted by Crippen LogP contribution is 2.23. The minimum atomic E-state index is -0.565. The summed E-state index contributed by atoms with van der Waals surface area (Å²) in [5, 5.41) is 8.10. The minimum absolute atomic E-state index is 0.161. The topological polar surface area (TPSA) is 86.1 Å². The first-order chi connectivity index (χ1) is 14.6. The van der Waals surface area contributed by atoms with Crippen molar-refractivity contribution in [2.75, 3.05) is 11.9 Å². The third kappa shape index (κ3) is 3.65. The Balaban J connectivity index is 1.79. The van der Waals surface area contributed by atoms with E-state index in [2.05, 4.69) is 15.4 Å². The van der Waals surface area contributed by atoms with Gasteiger partial charge >= 0.3 is 5.97 Å². The van der Waals surface area contributed by atoms with Crippen molar-refractivity contribution in [2.45, 2.75) is 13.8 Å². The zero-order chi connectivity index (χ0) is 21.1. The maximum Gasteiger partial charge on any atom is 0.343 e. The number of aryl methyl sites for hydroxylation is 1. The molecule has 0 unspecified atom stereocenters. The summed E-state index contributed by atoms with van der Waals surface area (Å²) in [6.45, 7) is 3.78. The van der Waals surface area contributed by atoms with Gasteiger partial charge in [-0.25, -0.2) is 9.78 Å². The molecule has 1 N–H and O–H groups in total. The lowest BCUT2D eigenvalue weighted by molar-refractivity contribution is 0.0527. The largest absolute Gasteiger partial charge is 0.462 e. The van der Waals surface area contributed by atoms with Gasteiger partial charge in [0.05, 0.1) is 18.3 Å². The lowest BCUT2D eigenvalue weighted by Gasteiger charge is -2.12. The van der Waals surface area contributed by atoms with E-state index >= 15 is 0 Å². The fraction of sp³-hybridized carbons (Fsp3) is 0.130. The molecule has 150 valence electrons. The maximum absolute atomic E-state index is 12.9. The SMILES string of the molecule is CCOC(=O)c1cnn(-c2ccc3ccccc3n2)c1NC(=O)c1ccccc1C. The van der Waals surface area contributed by atoms with Crippen LogP contribution in [0.1, 0.15) is 33.2 Å². The zero-order valence-corrected chi connectivity index (χ0v) is 16.6. The predicted octanol–water partition coefficient (Wildman–Crippen LogP) is 4.16. The second-order valence-corrected chi connectivity index (χ2v) is 6.67. The number of rotatable bonds is 5. The number of anilines is 1. The van der Waals surface area contributed by atoms with Crippen LogP contribution in [0.2, 0.25) is 0 Å². The third-order valence-electron chi connectivity index (χ3n) is 4.69. The van der Waals surface area contributed by atoms with Crippen LogP contribution in [-0.4, -0.2) is 33.2 Å². The van der Waals surface area contributed by atoms with E-state index < -0.39 is 5.97 Å². The van der Waals surface area contributed by atoms with Gasteiger partial charge in [0.2, 0.25) is 0 Å². The summed E-state index contributed by atoms with van der Waals surface area (Å²) in [5.74, 6) is -0.223. The summed E-state index contributed by atoms with van der Waals surface area (Å²) in [6.07, 6.45) is 1.38. The Hall–Kier alpha value is -4.00. The number of pyridine rings is 1. The Labute approximate surface area is 173 Å². The molecule has 0 aliphatic carbocycles. The molecule has 4 aromatic rings. The van der Waals surface area contributed by atoms with Crippen molar-refractivity contribution in [1.82, 2.24) is 14.8 Å². The molecule has 0 aliphatic rings. The van der Waals surface area contributed by atoms with Gasteiger partial charge in [0.15, 0.2) is 11.6 Å². The van der Waals surface area contributed by atoms with Crippen molar-refractivity contribution in [3.63, 3.8) is 0 Å². The van der Waals surface area contributed by atoms with Crippen LogP contribution in [-0.2, 0) is 4.74 Å². The highest BCUT2D eigenvalue weighted by atomic mass is 16.5. The summed E-state index contributed by atoms with van der Waals surface area (Å²) in [6, 6.07) is 18.6. The lowest BCUT2D eigenvalue weighted by atomic mass is 10.1. The van der Waals surface area contributed by atoms with Gasteiger partial charge in [-0.05, 0) is 43.7 Å². The van der Waals surface area contributed by atoms with E-state index in [0.717, 1.165) is 16.5 Å². The van der Waals surface area contributed by atoms with Crippen molar-refractivity contribution >= 4 is 28.6 Å². The number of esters is 1. The van der Waals surface area contributed by atoms with Crippen LogP contribution in [0.25, 0.3) is 16.7 Å². The molecule has 4 rings (SSSR count). The van der Waals surface area contributed by atoms with Crippen molar-refractivity contribution in [1.29, 1.82) is 0 Å². The minimum Gasteiger partial charge on any atom is -0.462 e. The van der Waals surface area contributed by atoms with E-state index in [0.29, 0.717) is 11.4 Å². The molecule has 0 bridgehead atoms. The number of para-hydroxylation sites is 1. The lowest BCUT2D eigenvalue weighted by Crippen LogP contribution is -2.19. The van der Waals surface area contributed by atoms with Gasteiger partial charge in [0.25, 0.3) is 5.91 Å². The molecule has 0 atom stereocenters. The number of nitrogens with zero attached hydrogens (tertiary/aromatic N) is 3. The van der Waals surface area contributed by atoms with E-state index in [1.807, 2.05) is 49.4 Å². The number of amides is 1. The molecule has 0 saturated carbocycles. The molecule has 0 aliphatic heterocycles. The van der Waals surface area contributed by atoms with Crippen molar-refractivity contribution in [3.05, 3.63) is 83.6 Å². The summed E-state index contributed by atoms with van der Waals surface area (Å²) >= 11 is 0. The number of carbonyl (C=O) groups is 2. The first-order valence-corrected chi connectivity index (χ1v) is 9.56. The standard InChI is InChI=1S/C23H20N4O3/c1-3-30-23(29)18-14-24-27(20-13-12-16-9-5-7-11-19(16)25-20)21(18)26-22(28)17-10-6-4-8-15(17)2/h4-14H,3H2,1-2H3,(H,26,28). The normalized spacial score (nSPS) is 10.7. The monoisotopic (exact) mass is 400 g/mol.